The Morgan fingerprint density at radius 2 is 0.680 bits per heavy atom. The lowest BCUT2D eigenvalue weighted by atomic mass is 10.1. The molecule has 0 saturated carbocycles. The van der Waals surface area contributed by atoms with Gasteiger partial charge in [-0.15, -0.1) is 0 Å². The van der Waals surface area contributed by atoms with E-state index in [4.69, 9.17) is 0 Å². The molecule has 0 rings (SSSR count). The highest BCUT2D eigenvalue weighted by Gasteiger charge is 1.91. The van der Waals surface area contributed by atoms with Crippen LogP contribution in [0.15, 0.2) is 12.2 Å². The van der Waals surface area contributed by atoms with Gasteiger partial charge in [0.05, 0.1) is 0 Å². The van der Waals surface area contributed by atoms with Gasteiger partial charge in [0, 0.05) is 0 Å². The summed E-state index contributed by atoms with van der Waals surface area (Å²) in [6.45, 7) is 4.58. The molecular formula is C24H51N. The summed E-state index contributed by atoms with van der Waals surface area (Å²) in [5.74, 6) is 0. The third-order valence-corrected chi connectivity index (χ3v) is 4.37. The number of rotatable bonds is 17. The van der Waals surface area contributed by atoms with E-state index < -0.39 is 0 Å². The molecule has 0 heterocycles. The van der Waals surface area contributed by atoms with Crippen LogP contribution in [0.25, 0.3) is 0 Å². The molecule has 0 aromatic carbocycles. The van der Waals surface area contributed by atoms with E-state index in [-0.39, 0.29) is 0 Å². The van der Waals surface area contributed by atoms with Gasteiger partial charge < -0.3 is 4.90 Å². The van der Waals surface area contributed by atoms with Gasteiger partial charge in [-0.2, -0.15) is 0 Å². The summed E-state index contributed by atoms with van der Waals surface area (Å²) in [5, 5.41) is 0. The zero-order chi connectivity index (χ0) is 19.0. The number of nitrogens with zero attached hydrogens (tertiary/aromatic N) is 1. The SMILES string of the molecule is CCCCCCCC/C=C\CCCCCCCCCCC.CN(C)C. The molecule has 0 aliphatic rings. The van der Waals surface area contributed by atoms with Gasteiger partial charge in [-0.1, -0.05) is 109 Å². The van der Waals surface area contributed by atoms with Crippen LogP contribution in [0.2, 0.25) is 0 Å². The van der Waals surface area contributed by atoms with E-state index in [2.05, 4.69) is 26.0 Å². The zero-order valence-corrected chi connectivity index (χ0v) is 18.6. The first-order valence-corrected chi connectivity index (χ1v) is 11.4. The minimum Gasteiger partial charge on any atom is -0.312 e. The van der Waals surface area contributed by atoms with Crippen molar-refractivity contribution in [2.75, 3.05) is 21.1 Å². The average Bonchev–Trinajstić information content (AvgIpc) is 2.57. The molecule has 1 heteroatoms. The van der Waals surface area contributed by atoms with Gasteiger partial charge in [-0.3, -0.25) is 0 Å². The maximum Gasteiger partial charge on any atom is -0.0140 e. The number of hydrogen-bond donors (Lipinski definition) is 0. The lowest BCUT2D eigenvalue weighted by Gasteiger charge is -2.00. The first kappa shape index (κ1) is 26.9. The highest BCUT2D eigenvalue weighted by molar-refractivity contribution is 4.81. The summed E-state index contributed by atoms with van der Waals surface area (Å²) < 4.78 is 0. The molecule has 0 unspecified atom stereocenters. The molecule has 0 aliphatic carbocycles. The highest BCUT2D eigenvalue weighted by Crippen LogP contribution is 2.11. The van der Waals surface area contributed by atoms with Gasteiger partial charge in [-0.05, 0) is 46.8 Å². The Balaban J connectivity index is 0. The predicted molar refractivity (Wildman–Crippen MR) is 119 cm³/mol. The van der Waals surface area contributed by atoms with Crippen molar-refractivity contribution in [3.8, 4) is 0 Å². The molecule has 0 radical (unpaired) electrons. The molecule has 1 nitrogen and oxygen atoms in total. The second-order valence-corrected chi connectivity index (χ2v) is 7.99. The van der Waals surface area contributed by atoms with Crippen molar-refractivity contribution >= 4 is 0 Å². The van der Waals surface area contributed by atoms with Crippen molar-refractivity contribution < 1.29 is 0 Å². The fourth-order valence-electron chi connectivity index (χ4n) is 2.85. The van der Waals surface area contributed by atoms with Crippen LogP contribution in [-0.2, 0) is 0 Å². The quantitative estimate of drug-likeness (QED) is 0.187. The molecular weight excluding hydrogens is 302 g/mol. The largest absolute Gasteiger partial charge is 0.312 e. The van der Waals surface area contributed by atoms with E-state index in [1.165, 1.54) is 109 Å². The number of allylic oxidation sites excluding steroid dienone is 2. The maximum absolute atomic E-state index is 2.42. The van der Waals surface area contributed by atoms with Gasteiger partial charge in [0.15, 0.2) is 0 Å². The van der Waals surface area contributed by atoms with E-state index in [9.17, 15) is 0 Å². The third kappa shape index (κ3) is 35.6. The van der Waals surface area contributed by atoms with Crippen molar-refractivity contribution in [1.82, 2.24) is 4.90 Å². The van der Waals surface area contributed by atoms with Crippen LogP contribution in [0.4, 0.5) is 0 Å². The Bertz CT molecular complexity index is 229. The van der Waals surface area contributed by atoms with Crippen LogP contribution in [0, 0.1) is 0 Å². The maximum atomic E-state index is 2.42. The van der Waals surface area contributed by atoms with E-state index in [1.54, 1.807) is 0 Å². The van der Waals surface area contributed by atoms with Gasteiger partial charge in [0.1, 0.15) is 0 Å². The molecule has 0 N–H and O–H groups in total. The normalized spacial score (nSPS) is 11.1. The second kappa shape index (κ2) is 25.9. The molecule has 0 aliphatic heterocycles. The van der Waals surface area contributed by atoms with Crippen LogP contribution in [0.5, 0.6) is 0 Å². The van der Waals surface area contributed by atoms with Crippen LogP contribution in [-0.4, -0.2) is 26.0 Å². The Hall–Kier alpha value is -0.300. The van der Waals surface area contributed by atoms with E-state index in [0.717, 1.165) is 0 Å². The fraction of sp³-hybridized carbons (Fsp3) is 0.917. The Morgan fingerprint density at radius 1 is 0.440 bits per heavy atom. The summed E-state index contributed by atoms with van der Waals surface area (Å²) in [6, 6.07) is 0. The smallest absolute Gasteiger partial charge is 0.0140 e. The predicted octanol–water partition coefficient (Wildman–Crippen LogP) is 8.39. The Kier molecular flexibility index (Phi) is 27.9. The van der Waals surface area contributed by atoms with Crippen molar-refractivity contribution in [2.24, 2.45) is 0 Å². The highest BCUT2D eigenvalue weighted by atomic mass is 15.0. The molecule has 25 heavy (non-hydrogen) atoms. The fourth-order valence-corrected chi connectivity index (χ4v) is 2.85. The van der Waals surface area contributed by atoms with Crippen molar-refractivity contribution in [3.05, 3.63) is 12.2 Å². The molecule has 0 amide bonds. The van der Waals surface area contributed by atoms with E-state index in [0.29, 0.717) is 0 Å². The Morgan fingerprint density at radius 3 is 0.960 bits per heavy atom. The summed E-state index contributed by atoms with van der Waals surface area (Å²) >= 11 is 0. The topological polar surface area (TPSA) is 3.24 Å². The molecule has 0 bridgehead atoms. The van der Waals surface area contributed by atoms with E-state index in [1.807, 2.05) is 26.0 Å². The average molecular weight is 354 g/mol. The van der Waals surface area contributed by atoms with Crippen molar-refractivity contribution in [1.29, 1.82) is 0 Å². The minimum absolute atomic E-state index is 1.31. The van der Waals surface area contributed by atoms with Gasteiger partial charge in [-0.25, -0.2) is 0 Å². The van der Waals surface area contributed by atoms with Crippen LogP contribution in [0.3, 0.4) is 0 Å². The zero-order valence-electron chi connectivity index (χ0n) is 18.6. The summed E-state index contributed by atoms with van der Waals surface area (Å²) in [4.78, 5) is 2.00. The van der Waals surface area contributed by atoms with Gasteiger partial charge >= 0.3 is 0 Å². The van der Waals surface area contributed by atoms with Crippen LogP contribution >= 0.6 is 0 Å². The van der Waals surface area contributed by atoms with Crippen molar-refractivity contribution in [3.63, 3.8) is 0 Å². The van der Waals surface area contributed by atoms with Gasteiger partial charge in [0.25, 0.3) is 0 Å². The molecule has 152 valence electrons. The first-order chi connectivity index (χ1) is 12.1. The lowest BCUT2D eigenvalue weighted by Crippen LogP contribution is -1.99. The number of hydrogen-bond acceptors (Lipinski definition) is 1. The van der Waals surface area contributed by atoms with Gasteiger partial charge in [0.2, 0.25) is 0 Å². The monoisotopic (exact) mass is 353 g/mol. The lowest BCUT2D eigenvalue weighted by molar-refractivity contribution is 0.505. The number of unbranched alkanes of at least 4 members (excludes halogenated alkanes) is 15. The molecule has 0 fully saturated rings. The minimum atomic E-state index is 1.31. The third-order valence-electron chi connectivity index (χ3n) is 4.37. The summed E-state index contributed by atoms with van der Waals surface area (Å²) in [6.07, 6.45) is 28.9. The molecule has 0 spiro atoms. The van der Waals surface area contributed by atoms with Crippen LogP contribution < -0.4 is 0 Å². The molecule has 0 atom stereocenters. The Labute approximate surface area is 161 Å². The second-order valence-electron chi connectivity index (χ2n) is 7.99. The summed E-state index contributed by atoms with van der Waals surface area (Å²) in [7, 11) is 6.00. The first-order valence-electron chi connectivity index (χ1n) is 11.4. The summed E-state index contributed by atoms with van der Waals surface area (Å²) in [5.41, 5.74) is 0. The molecule has 0 saturated heterocycles. The van der Waals surface area contributed by atoms with E-state index >= 15 is 0 Å². The molecule has 0 aromatic rings. The van der Waals surface area contributed by atoms with Crippen LogP contribution in [0.1, 0.15) is 123 Å². The standard InChI is InChI=1S/C21H42.C3H9N/c1-3-5-7-9-11-13-15-17-19-21-20-18-16-14-12-10-8-6-4-2;1-4(2)3/h17,19H,3-16,18,20-21H2,1-2H3;1-3H3/b19-17-;. The molecule has 0 aromatic heterocycles. The van der Waals surface area contributed by atoms with Crippen molar-refractivity contribution in [2.45, 2.75) is 123 Å².